The lowest BCUT2D eigenvalue weighted by Crippen LogP contribution is -2.27. The van der Waals surface area contributed by atoms with Crippen LogP contribution in [0.1, 0.15) is 13.8 Å². The quantitative estimate of drug-likeness (QED) is 0.492. The van der Waals surface area contributed by atoms with Gasteiger partial charge >= 0.3 is 0 Å². The van der Waals surface area contributed by atoms with Crippen molar-refractivity contribution in [1.82, 2.24) is 5.32 Å². The normalized spacial score (nSPS) is 26.8. The molecule has 0 aromatic rings. The van der Waals surface area contributed by atoms with Gasteiger partial charge in [-0.15, -0.1) is 0 Å². The third kappa shape index (κ3) is 1.09. The van der Waals surface area contributed by atoms with Crippen LogP contribution in [0.3, 0.4) is 0 Å². The first-order chi connectivity index (χ1) is 3.79. The van der Waals surface area contributed by atoms with Gasteiger partial charge in [0.2, 0.25) is 0 Å². The van der Waals surface area contributed by atoms with Crippen LogP contribution in [-0.2, 0) is 0 Å². The number of hydrogen-bond donors (Lipinski definition) is 1. The van der Waals surface area contributed by atoms with Crippen LogP contribution >= 0.6 is 0 Å². The van der Waals surface area contributed by atoms with Crippen molar-refractivity contribution >= 4 is 6.21 Å². The molecule has 44 valence electrons. The second-order valence-corrected chi connectivity index (χ2v) is 2.04. The standard InChI is InChI=1S/C6H10N2/c1-5-3-7-4-6(2)8-5/h3-5,8H,1-2H3. The second kappa shape index (κ2) is 1.99. The summed E-state index contributed by atoms with van der Waals surface area (Å²) in [6.07, 6.45) is 3.70. The molecule has 2 heteroatoms. The van der Waals surface area contributed by atoms with Crippen LogP contribution in [0.15, 0.2) is 16.9 Å². The van der Waals surface area contributed by atoms with Gasteiger partial charge in [-0.25, -0.2) is 0 Å². The summed E-state index contributed by atoms with van der Waals surface area (Å²) in [5, 5.41) is 3.19. The van der Waals surface area contributed by atoms with Gasteiger partial charge in [-0.2, -0.15) is 0 Å². The first kappa shape index (κ1) is 5.35. The molecular weight excluding hydrogens is 100 g/mol. The SMILES string of the molecule is CC1=CN=CC(C)N1. The zero-order chi connectivity index (χ0) is 5.98. The highest BCUT2D eigenvalue weighted by atomic mass is 15.0. The smallest absolute Gasteiger partial charge is 0.0585 e. The van der Waals surface area contributed by atoms with E-state index in [0.29, 0.717) is 6.04 Å². The molecule has 1 N–H and O–H groups in total. The summed E-state index contributed by atoms with van der Waals surface area (Å²) in [4.78, 5) is 3.99. The molecule has 1 rings (SSSR count). The average molecular weight is 110 g/mol. The Labute approximate surface area is 49.3 Å². The van der Waals surface area contributed by atoms with Crippen molar-refractivity contribution < 1.29 is 0 Å². The molecule has 0 aliphatic carbocycles. The van der Waals surface area contributed by atoms with Gasteiger partial charge in [0, 0.05) is 18.1 Å². The van der Waals surface area contributed by atoms with Gasteiger partial charge in [0.15, 0.2) is 0 Å². The third-order valence-electron chi connectivity index (χ3n) is 1.03. The van der Waals surface area contributed by atoms with Crippen molar-refractivity contribution in [3.8, 4) is 0 Å². The molecule has 2 nitrogen and oxygen atoms in total. The fourth-order valence-electron chi connectivity index (χ4n) is 0.718. The molecule has 0 amide bonds. The minimum atomic E-state index is 0.403. The van der Waals surface area contributed by atoms with Gasteiger partial charge in [0.25, 0.3) is 0 Å². The minimum Gasteiger partial charge on any atom is -0.380 e. The second-order valence-electron chi connectivity index (χ2n) is 2.04. The maximum absolute atomic E-state index is 3.99. The number of nitrogens with one attached hydrogen (secondary N) is 1. The van der Waals surface area contributed by atoms with Gasteiger partial charge in [-0.05, 0) is 13.8 Å². The molecule has 0 fully saturated rings. The Kier molecular flexibility index (Phi) is 1.33. The minimum absolute atomic E-state index is 0.403. The maximum atomic E-state index is 3.99. The Morgan fingerprint density at radius 1 is 1.75 bits per heavy atom. The van der Waals surface area contributed by atoms with Crippen LogP contribution in [-0.4, -0.2) is 12.3 Å². The van der Waals surface area contributed by atoms with Gasteiger partial charge in [0.1, 0.15) is 0 Å². The first-order valence-electron chi connectivity index (χ1n) is 2.75. The summed E-state index contributed by atoms with van der Waals surface area (Å²) < 4.78 is 0. The van der Waals surface area contributed by atoms with E-state index in [1.807, 2.05) is 19.3 Å². The van der Waals surface area contributed by atoms with E-state index in [0.717, 1.165) is 5.70 Å². The van der Waals surface area contributed by atoms with Crippen molar-refractivity contribution in [3.05, 3.63) is 11.9 Å². The lowest BCUT2D eigenvalue weighted by molar-refractivity contribution is 0.756. The molecule has 0 saturated carbocycles. The number of allylic oxidation sites excluding steroid dienone is 1. The monoisotopic (exact) mass is 110 g/mol. The van der Waals surface area contributed by atoms with Crippen molar-refractivity contribution in [3.63, 3.8) is 0 Å². The van der Waals surface area contributed by atoms with Crippen LogP contribution < -0.4 is 5.32 Å². The summed E-state index contributed by atoms with van der Waals surface area (Å²) >= 11 is 0. The van der Waals surface area contributed by atoms with E-state index in [2.05, 4.69) is 17.2 Å². The zero-order valence-electron chi connectivity index (χ0n) is 5.18. The number of rotatable bonds is 0. The molecule has 0 aromatic carbocycles. The van der Waals surface area contributed by atoms with E-state index in [1.165, 1.54) is 0 Å². The van der Waals surface area contributed by atoms with E-state index in [4.69, 9.17) is 0 Å². The summed E-state index contributed by atoms with van der Waals surface area (Å²) in [5.41, 5.74) is 1.14. The molecule has 0 spiro atoms. The van der Waals surface area contributed by atoms with E-state index in [1.54, 1.807) is 0 Å². The predicted octanol–water partition coefficient (Wildman–Crippen LogP) is 0.910. The molecule has 1 unspecified atom stereocenters. The van der Waals surface area contributed by atoms with E-state index in [-0.39, 0.29) is 0 Å². The molecule has 0 bridgehead atoms. The largest absolute Gasteiger partial charge is 0.380 e. The van der Waals surface area contributed by atoms with Crippen LogP contribution in [0.2, 0.25) is 0 Å². The third-order valence-corrected chi connectivity index (χ3v) is 1.03. The molecule has 1 atom stereocenters. The molecule has 8 heavy (non-hydrogen) atoms. The van der Waals surface area contributed by atoms with Crippen LogP contribution in [0, 0.1) is 0 Å². The Bertz CT molecular complexity index is 135. The summed E-state index contributed by atoms with van der Waals surface area (Å²) in [5.74, 6) is 0. The lowest BCUT2D eigenvalue weighted by atomic mass is 10.3. The topological polar surface area (TPSA) is 24.4 Å². The summed E-state index contributed by atoms with van der Waals surface area (Å²) in [6.45, 7) is 4.08. The molecular formula is C6H10N2. The molecule has 1 heterocycles. The van der Waals surface area contributed by atoms with Crippen molar-refractivity contribution in [2.75, 3.05) is 0 Å². The highest BCUT2D eigenvalue weighted by Crippen LogP contribution is 1.94. The molecule has 0 radical (unpaired) electrons. The fourth-order valence-corrected chi connectivity index (χ4v) is 0.718. The van der Waals surface area contributed by atoms with Gasteiger partial charge in [-0.3, -0.25) is 4.99 Å². The van der Waals surface area contributed by atoms with E-state index < -0.39 is 0 Å². The Hall–Kier alpha value is -0.790. The fraction of sp³-hybridized carbons (Fsp3) is 0.500. The van der Waals surface area contributed by atoms with Crippen molar-refractivity contribution in [2.45, 2.75) is 19.9 Å². The van der Waals surface area contributed by atoms with E-state index in [9.17, 15) is 0 Å². The van der Waals surface area contributed by atoms with Gasteiger partial charge < -0.3 is 5.32 Å². The number of hydrogen-bond acceptors (Lipinski definition) is 2. The number of aliphatic imine (C=N–C) groups is 1. The van der Waals surface area contributed by atoms with Gasteiger partial charge in [0.05, 0.1) is 6.04 Å². The number of nitrogens with zero attached hydrogens (tertiary/aromatic N) is 1. The summed E-state index contributed by atoms with van der Waals surface area (Å²) in [6, 6.07) is 0.403. The Morgan fingerprint density at radius 3 is 2.88 bits per heavy atom. The van der Waals surface area contributed by atoms with Crippen LogP contribution in [0.25, 0.3) is 0 Å². The molecule has 0 saturated heterocycles. The highest BCUT2D eigenvalue weighted by molar-refractivity contribution is 5.66. The Morgan fingerprint density at radius 2 is 2.50 bits per heavy atom. The van der Waals surface area contributed by atoms with Crippen LogP contribution in [0.4, 0.5) is 0 Å². The van der Waals surface area contributed by atoms with Crippen LogP contribution in [0.5, 0.6) is 0 Å². The first-order valence-corrected chi connectivity index (χ1v) is 2.75. The van der Waals surface area contributed by atoms with Gasteiger partial charge in [-0.1, -0.05) is 0 Å². The highest BCUT2D eigenvalue weighted by Gasteiger charge is 1.98. The molecule has 0 aromatic heterocycles. The van der Waals surface area contributed by atoms with Crippen molar-refractivity contribution in [2.24, 2.45) is 4.99 Å². The Balaban J connectivity index is 2.59. The van der Waals surface area contributed by atoms with Crippen molar-refractivity contribution in [1.29, 1.82) is 0 Å². The van der Waals surface area contributed by atoms with E-state index >= 15 is 0 Å². The average Bonchev–Trinajstić information content (AvgIpc) is 1.64. The summed E-state index contributed by atoms with van der Waals surface area (Å²) in [7, 11) is 0. The molecule has 1 aliphatic heterocycles. The predicted molar refractivity (Wildman–Crippen MR) is 34.8 cm³/mol. The lowest BCUT2D eigenvalue weighted by Gasteiger charge is -2.12. The zero-order valence-corrected chi connectivity index (χ0v) is 5.18. The molecule has 1 aliphatic rings. The maximum Gasteiger partial charge on any atom is 0.0585 e.